The molecule has 6 saturated carbocycles. The van der Waals surface area contributed by atoms with Crippen LogP contribution in [0.25, 0.3) is 0 Å². The number of nitrogens with one attached hydrogen (secondary N) is 6. The minimum absolute atomic E-state index is 0. The molecule has 6 unspecified atom stereocenters. The number of anilines is 3. The fraction of sp³-hybridized carbons (Fsp3) is 0.743. The van der Waals surface area contributed by atoms with E-state index in [9.17, 15) is 19.2 Å². The zero-order valence-corrected chi connectivity index (χ0v) is 62.2. The number of H-pyrrole nitrogens is 6. The van der Waals surface area contributed by atoms with E-state index in [4.69, 9.17) is 28.8 Å². The Hall–Kier alpha value is -2.86. The number of aromatic amines is 6. The topological polar surface area (TPSA) is 267 Å². The van der Waals surface area contributed by atoms with E-state index in [1.807, 2.05) is 0 Å². The molecule has 0 amide bonds. The van der Waals surface area contributed by atoms with Crippen molar-refractivity contribution in [1.29, 1.82) is 0 Å². The van der Waals surface area contributed by atoms with Crippen molar-refractivity contribution in [3.63, 3.8) is 0 Å². The van der Waals surface area contributed by atoms with Crippen molar-refractivity contribution in [3.05, 3.63) is 84.3 Å². The van der Waals surface area contributed by atoms with Gasteiger partial charge in [0.15, 0.2) is 0 Å². The molecular formula is C70H106ClI3N11O4-. The number of rotatable bonds is 4. The van der Waals surface area contributed by atoms with Crippen LogP contribution in [0.3, 0.4) is 0 Å². The van der Waals surface area contributed by atoms with E-state index in [1.54, 1.807) is 17.2 Å². The molecule has 4 aromatic heterocycles. The molecule has 0 aliphatic heterocycles. The Morgan fingerprint density at radius 2 is 0.978 bits per heavy atom. The summed E-state index contributed by atoms with van der Waals surface area (Å²) in [6, 6.07) is 2.83. The van der Waals surface area contributed by atoms with Crippen LogP contribution in [0.1, 0.15) is 235 Å². The molecule has 0 spiro atoms. The molecule has 494 valence electrons. The number of hydrogen-bond acceptors (Lipinski definition) is 9. The van der Waals surface area contributed by atoms with Crippen molar-refractivity contribution in [2.75, 3.05) is 17.2 Å². The minimum atomic E-state index is -0.361. The molecule has 14 rings (SSSR count). The normalized spacial score (nSPS) is 39.2. The quantitative estimate of drug-likeness (QED) is 0.0533. The Morgan fingerprint density at radius 3 is 1.37 bits per heavy atom. The van der Waals surface area contributed by atoms with Gasteiger partial charge < -0.3 is 22.3 Å². The van der Waals surface area contributed by atoms with Gasteiger partial charge in [0.05, 0.1) is 5.41 Å². The van der Waals surface area contributed by atoms with Gasteiger partial charge >= 0.3 is 50.5 Å². The van der Waals surface area contributed by atoms with Crippen LogP contribution in [0.2, 0.25) is 0 Å². The first kappa shape index (κ1) is 69.0. The van der Waals surface area contributed by atoms with Gasteiger partial charge in [-0.2, -0.15) is 10.2 Å². The van der Waals surface area contributed by atoms with Crippen LogP contribution in [0.5, 0.6) is 0 Å². The average molecular weight is 1580 g/mol. The van der Waals surface area contributed by atoms with Crippen molar-refractivity contribution in [2.45, 2.75) is 237 Å². The predicted molar refractivity (Wildman–Crippen MR) is 373 cm³/mol. The molecule has 15 nitrogen and oxygen atoms in total. The molecule has 0 saturated heterocycles. The molecule has 10 aliphatic rings. The average Bonchev–Trinajstić information content (AvgIpc) is 0.876. The third kappa shape index (κ3) is 10.5. The van der Waals surface area contributed by atoms with Gasteiger partial charge in [0.25, 0.3) is 11.1 Å². The van der Waals surface area contributed by atoms with Gasteiger partial charge in [-0.1, -0.05) is 128 Å². The summed E-state index contributed by atoms with van der Waals surface area (Å²) in [5, 5.41) is 25.8. The van der Waals surface area contributed by atoms with E-state index < -0.39 is 0 Å². The maximum atomic E-state index is 14.3. The molecule has 10 aliphatic carbocycles. The van der Waals surface area contributed by atoms with E-state index in [0.29, 0.717) is 72.3 Å². The zero-order chi connectivity index (χ0) is 64.2. The fourth-order valence-corrected chi connectivity index (χ4v) is 23.7. The number of hydrogen-bond donors (Lipinski definition) is 9. The molecule has 89 heavy (non-hydrogen) atoms. The number of Topliss-reactive ketones (excluding diaryl/α,β-unsaturated/α-hetero) is 1. The van der Waals surface area contributed by atoms with Gasteiger partial charge in [-0.3, -0.25) is 44.7 Å². The molecule has 0 aromatic carbocycles. The van der Waals surface area contributed by atoms with Crippen LogP contribution < -0.4 is 41.6 Å². The molecule has 4 aromatic rings. The van der Waals surface area contributed by atoms with Crippen LogP contribution >= 0.6 is 48.8 Å². The third-order valence-electron chi connectivity index (χ3n) is 28.3. The second-order valence-corrected chi connectivity index (χ2v) is 50.5. The monoisotopic (exact) mass is 1580 g/mol. The molecule has 4 heterocycles. The maximum Gasteiger partial charge on any atom is 0.266 e. The zero-order valence-electron chi connectivity index (χ0n) is 55.0. The number of ketones is 1. The smallest absolute Gasteiger partial charge is 0.266 e. The summed E-state index contributed by atoms with van der Waals surface area (Å²) in [5.41, 5.74) is 27.1. The summed E-state index contributed by atoms with van der Waals surface area (Å²) >= 11 is 11.8. The van der Waals surface area contributed by atoms with Gasteiger partial charge in [-0.05, 0) is 206 Å². The second-order valence-electron chi connectivity index (χ2n) is 33.9. The van der Waals surface area contributed by atoms with E-state index in [0.717, 1.165) is 89.9 Å². The summed E-state index contributed by atoms with van der Waals surface area (Å²) in [5.74, 6) is 4.89. The van der Waals surface area contributed by atoms with Crippen molar-refractivity contribution < 1.29 is 22.8 Å². The largest absolute Gasteiger partial charge is 0.384 e. The van der Waals surface area contributed by atoms with E-state index in [2.05, 4.69) is 187 Å². The Balaban J connectivity index is 0.000000170. The maximum absolute atomic E-state index is 14.3. The number of halogens is 4. The number of nitrogens with zero attached hydrogens (tertiary/aromatic N) is 2. The number of carbonyl (C=O) groups excluding carboxylic acids is 2. The summed E-state index contributed by atoms with van der Waals surface area (Å²) < 4.78 is 0. The van der Waals surface area contributed by atoms with Crippen LogP contribution in [-0.2, 0) is 39.7 Å². The summed E-state index contributed by atoms with van der Waals surface area (Å²) in [6.07, 6.45) is 24.8. The molecule has 14 atom stereocenters. The van der Waals surface area contributed by atoms with Gasteiger partial charge in [-0.25, -0.2) is 0 Å². The Kier molecular flexibility index (Phi) is 18.0. The van der Waals surface area contributed by atoms with Crippen LogP contribution in [0.4, 0.5) is 17.5 Å². The number of nitrogens with two attached hydrogens (primary N) is 3. The molecule has 6 fully saturated rings. The second kappa shape index (κ2) is 23.2. The molecule has 12 N–H and O–H groups in total. The third-order valence-corrected chi connectivity index (χ3v) is 28.7. The van der Waals surface area contributed by atoms with Crippen molar-refractivity contribution in [3.8, 4) is 0 Å². The Labute approximate surface area is 564 Å². The Bertz CT molecular complexity index is 3570. The number of allylic oxidation sites excluding steroid dienone is 4. The molecule has 19 heteroatoms. The standard InChI is InChI=1S/C35H51N5O2.C31H46ClN3O.C3H5N3O.CH4.I3/c1-30(2)12-14-35(26(41)16-20-17-27(42)38-37-20)15-13-33(6)22(23(35)19-30)8-9-25-32(5)18-21-28(39-40-29(21)36)31(3,4)24(32)10-11-34(25,33)7;1-26(2)12-14-31(25(32)36)15-13-29(6)19(20(31)17-26)8-9-22-28(5)16-18-23(34-35-24(18)33)27(3,4)21(28)10-11-30(22,29)7;4-2-1-3(7)6-5-2;;1-3-2/h8,17,23-25H,9-16,18-19H2,1-7H3,(H3,36,39,40)(H2,37,38,42);8,20-22H,9-17H2,1-7H3,(H3,33,34,35);1H,(H4,4,5,6,7);1H4;/q;;;;-1/t23?,24?,25?,32-,33+,34+,35-;20?,21?,22?,28-,29+,30+,31-;;;/m00.../s1. The van der Waals surface area contributed by atoms with Crippen molar-refractivity contribution in [2.24, 2.45) is 89.7 Å². The minimum Gasteiger partial charge on any atom is -0.384 e. The van der Waals surface area contributed by atoms with Crippen molar-refractivity contribution >= 4 is 77.3 Å². The Morgan fingerprint density at radius 1 is 0.573 bits per heavy atom. The van der Waals surface area contributed by atoms with Gasteiger partial charge in [-0.15, -0.1) is 0 Å². The van der Waals surface area contributed by atoms with Crippen molar-refractivity contribution in [1.82, 2.24) is 40.8 Å². The SMILES string of the molecule is C.CC1(C)CC[C@]2(C(=O)Cc3cc(=O)[nH][nH]3)CC[C@]3(C)C(=CCC4[C@@]5(C)Cc6c(N)n[nH]c6C(C)(C)C5CC[C@]43C)C2C1.CC1(C)CC[C@]2(C(=O)Cl)CC[C@]3(C)C(=CCC4[C@@]5(C)Cc6c(N)n[nH]c6C(C)(C)C5CC[C@]43C)C2C1.I[I-]I.Nc1cc(=O)[nH][nH]1. The predicted octanol–water partition coefficient (Wildman–Crippen LogP) is 12.9. The molecule has 0 bridgehead atoms. The van der Waals surface area contributed by atoms with Gasteiger partial charge in [0.1, 0.15) is 23.2 Å². The van der Waals surface area contributed by atoms with Crippen LogP contribution in [0.15, 0.2) is 45.0 Å². The first-order valence-corrected chi connectivity index (χ1v) is 45.8. The van der Waals surface area contributed by atoms with E-state index in [1.165, 1.54) is 54.3 Å². The van der Waals surface area contributed by atoms with Crippen LogP contribution in [-0.4, -0.2) is 51.8 Å². The summed E-state index contributed by atoms with van der Waals surface area (Å²) in [7, 11) is 0. The van der Waals surface area contributed by atoms with Crippen LogP contribution in [0, 0.1) is 89.7 Å². The number of aromatic nitrogens is 8. The number of nitrogen functional groups attached to an aromatic ring is 3. The van der Waals surface area contributed by atoms with E-state index >= 15 is 0 Å². The van der Waals surface area contributed by atoms with E-state index in [-0.39, 0.29) is 101 Å². The van der Waals surface area contributed by atoms with Gasteiger partial charge in [0.2, 0.25) is 5.24 Å². The first-order chi connectivity index (χ1) is 40.9. The first-order valence-electron chi connectivity index (χ1n) is 32.9. The van der Waals surface area contributed by atoms with Gasteiger partial charge in [0, 0.05) is 63.0 Å². The fourth-order valence-electron chi connectivity index (χ4n) is 23.4. The number of carbonyl (C=O) groups is 2. The number of fused-ring (bicyclic) bond motifs is 16. The summed E-state index contributed by atoms with van der Waals surface area (Å²) in [6.45, 7) is 34.7. The molecular weight excluding hydrogens is 1480 g/mol. The summed E-state index contributed by atoms with van der Waals surface area (Å²) in [4.78, 5) is 49.3. The molecule has 0 radical (unpaired) electrons.